The Morgan fingerprint density at radius 3 is 2.70 bits per heavy atom. The molecule has 1 amide bonds. The molecule has 0 fully saturated rings. The predicted molar refractivity (Wildman–Crippen MR) is 95.9 cm³/mol. The number of halogens is 1. The van der Waals surface area contributed by atoms with Crippen molar-refractivity contribution in [2.45, 2.75) is 45.6 Å². The molecule has 0 radical (unpaired) electrons. The number of aliphatic hydroxyl groups excluding tert-OH is 1. The summed E-state index contributed by atoms with van der Waals surface area (Å²) in [6.07, 6.45) is 3.62. The molecule has 5 heteroatoms. The van der Waals surface area contributed by atoms with Crippen molar-refractivity contribution in [2.24, 2.45) is 5.41 Å². The number of hydrogen-bond acceptors (Lipinski definition) is 3. The second-order valence-corrected chi connectivity index (χ2v) is 6.23. The number of carbonyl (C=O) groups is 1. The third kappa shape index (κ3) is 4.69. The molecule has 1 aromatic carbocycles. The zero-order chi connectivity index (χ0) is 16.0. The highest BCUT2D eigenvalue weighted by atomic mass is 35.5. The maximum absolute atomic E-state index is 12.6. The van der Waals surface area contributed by atoms with Gasteiger partial charge in [-0.3, -0.25) is 4.79 Å². The molecular formula is C18H29ClN2O2. The molecule has 1 atom stereocenters. The fourth-order valence-corrected chi connectivity index (χ4v) is 3.29. The summed E-state index contributed by atoms with van der Waals surface area (Å²) < 4.78 is 0. The van der Waals surface area contributed by atoms with Crippen LogP contribution >= 0.6 is 12.4 Å². The number of hydrogen-bond donors (Lipinski definition) is 3. The molecular weight excluding hydrogens is 312 g/mol. The van der Waals surface area contributed by atoms with Crippen molar-refractivity contribution in [1.82, 2.24) is 10.6 Å². The van der Waals surface area contributed by atoms with E-state index in [0.717, 1.165) is 37.8 Å². The van der Waals surface area contributed by atoms with Crippen molar-refractivity contribution in [1.29, 1.82) is 0 Å². The standard InChI is InChI=1S/C18H28N2O2.ClH/c1-3-18(4-2,10-12-21)13-20-17(22)16-15-8-6-5-7-14(15)9-11-19-16;/h5-8,16,19,21H,3-4,9-13H2,1-2H3,(H,20,22);1H. The molecule has 1 heterocycles. The van der Waals surface area contributed by atoms with Crippen molar-refractivity contribution >= 4 is 18.3 Å². The Morgan fingerprint density at radius 2 is 2.04 bits per heavy atom. The normalized spacial score (nSPS) is 17.1. The Labute approximate surface area is 145 Å². The summed E-state index contributed by atoms with van der Waals surface area (Å²) in [5.41, 5.74) is 2.35. The second-order valence-electron chi connectivity index (χ2n) is 6.23. The van der Waals surface area contributed by atoms with Crippen LogP contribution in [0.25, 0.3) is 0 Å². The molecule has 0 spiro atoms. The van der Waals surface area contributed by atoms with Crippen molar-refractivity contribution in [3.63, 3.8) is 0 Å². The number of carbonyl (C=O) groups excluding carboxylic acids is 1. The lowest BCUT2D eigenvalue weighted by atomic mass is 9.79. The molecule has 1 aliphatic rings. The lowest BCUT2D eigenvalue weighted by Crippen LogP contribution is -2.45. The molecule has 3 N–H and O–H groups in total. The maximum atomic E-state index is 12.6. The Hall–Kier alpha value is -1.10. The summed E-state index contributed by atoms with van der Waals surface area (Å²) in [7, 11) is 0. The van der Waals surface area contributed by atoms with Gasteiger partial charge in [-0.1, -0.05) is 38.1 Å². The average Bonchev–Trinajstić information content (AvgIpc) is 2.58. The monoisotopic (exact) mass is 340 g/mol. The molecule has 0 bridgehead atoms. The van der Waals surface area contributed by atoms with Crippen LogP contribution in [-0.4, -0.2) is 30.7 Å². The van der Waals surface area contributed by atoms with Crippen molar-refractivity contribution in [2.75, 3.05) is 19.7 Å². The number of rotatable bonds is 7. The smallest absolute Gasteiger partial charge is 0.241 e. The fraction of sp³-hybridized carbons (Fsp3) is 0.611. The highest BCUT2D eigenvalue weighted by molar-refractivity contribution is 5.85. The van der Waals surface area contributed by atoms with Gasteiger partial charge in [-0.25, -0.2) is 0 Å². The molecule has 0 aliphatic carbocycles. The van der Waals surface area contributed by atoms with E-state index in [-0.39, 0.29) is 36.4 Å². The Bertz CT molecular complexity index is 504. The number of amides is 1. The van der Waals surface area contributed by atoms with E-state index in [4.69, 9.17) is 0 Å². The summed E-state index contributed by atoms with van der Waals surface area (Å²) in [4.78, 5) is 12.6. The number of nitrogens with one attached hydrogen (secondary N) is 2. The van der Waals surface area contributed by atoms with E-state index >= 15 is 0 Å². The zero-order valence-corrected chi connectivity index (χ0v) is 14.9. The van der Waals surface area contributed by atoms with Crippen LogP contribution in [0.5, 0.6) is 0 Å². The van der Waals surface area contributed by atoms with Gasteiger partial charge in [-0.05, 0) is 42.2 Å². The van der Waals surface area contributed by atoms with Gasteiger partial charge >= 0.3 is 0 Å². The molecule has 23 heavy (non-hydrogen) atoms. The zero-order valence-electron chi connectivity index (χ0n) is 14.1. The van der Waals surface area contributed by atoms with Gasteiger partial charge in [0, 0.05) is 19.7 Å². The van der Waals surface area contributed by atoms with Gasteiger partial charge in [-0.15, -0.1) is 12.4 Å². The third-order valence-corrected chi connectivity index (χ3v) is 5.15. The summed E-state index contributed by atoms with van der Waals surface area (Å²) >= 11 is 0. The van der Waals surface area contributed by atoms with Crippen LogP contribution in [0, 0.1) is 5.41 Å². The van der Waals surface area contributed by atoms with Crippen LogP contribution in [-0.2, 0) is 11.2 Å². The lowest BCUT2D eigenvalue weighted by molar-refractivity contribution is -0.124. The lowest BCUT2D eigenvalue weighted by Gasteiger charge is -2.33. The highest BCUT2D eigenvalue weighted by Crippen LogP contribution is 2.30. The first-order chi connectivity index (χ1) is 10.7. The van der Waals surface area contributed by atoms with Gasteiger partial charge in [0.2, 0.25) is 5.91 Å². The molecule has 1 aliphatic heterocycles. The number of benzene rings is 1. The van der Waals surface area contributed by atoms with Crippen LogP contribution in [0.2, 0.25) is 0 Å². The molecule has 1 aromatic rings. The van der Waals surface area contributed by atoms with E-state index in [0.29, 0.717) is 6.54 Å². The van der Waals surface area contributed by atoms with Gasteiger partial charge in [0.1, 0.15) is 6.04 Å². The topological polar surface area (TPSA) is 61.4 Å². The Balaban J connectivity index is 0.00000264. The summed E-state index contributed by atoms with van der Waals surface area (Å²) in [6, 6.07) is 7.89. The van der Waals surface area contributed by atoms with Crippen molar-refractivity contribution in [3.05, 3.63) is 35.4 Å². The Morgan fingerprint density at radius 1 is 1.35 bits per heavy atom. The number of aliphatic hydroxyl groups is 1. The molecule has 1 unspecified atom stereocenters. The van der Waals surface area contributed by atoms with Gasteiger partial charge in [0.15, 0.2) is 0 Å². The van der Waals surface area contributed by atoms with Crippen LogP contribution in [0.1, 0.15) is 50.3 Å². The minimum Gasteiger partial charge on any atom is -0.396 e. The van der Waals surface area contributed by atoms with Crippen LogP contribution in [0.4, 0.5) is 0 Å². The van der Waals surface area contributed by atoms with Gasteiger partial charge < -0.3 is 15.7 Å². The largest absolute Gasteiger partial charge is 0.396 e. The van der Waals surface area contributed by atoms with Crippen molar-refractivity contribution in [3.8, 4) is 0 Å². The van der Waals surface area contributed by atoms with Crippen molar-refractivity contribution < 1.29 is 9.90 Å². The van der Waals surface area contributed by atoms with E-state index in [1.807, 2.05) is 18.2 Å². The van der Waals surface area contributed by atoms with Gasteiger partial charge in [0.25, 0.3) is 0 Å². The third-order valence-electron chi connectivity index (χ3n) is 5.15. The minimum absolute atomic E-state index is 0. The molecule has 2 rings (SSSR count). The first kappa shape index (κ1) is 19.9. The second kappa shape index (κ2) is 9.26. The van der Waals surface area contributed by atoms with E-state index in [1.54, 1.807) is 0 Å². The van der Waals surface area contributed by atoms with Gasteiger partial charge in [0.05, 0.1) is 0 Å². The molecule has 0 saturated carbocycles. The van der Waals surface area contributed by atoms with E-state index in [9.17, 15) is 9.90 Å². The SMILES string of the molecule is CCC(CC)(CCO)CNC(=O)C1NCCc2ccccc21.Cl. The van der Waals surface area contributed by atoms with E-state index < -0.39 is 0 Å². The first-order valence-electron chi connectivity index (χ1n) is 8.35. The minimum atomic E-state index is -0.259. The quantitative estimate of drug-likeness (QED) is 0.715. The fourth-order valence-electron chi connectivity index (χ4n) is 3.29. The average molecular weight is 341 g/mol. The molecule has 0 saturated heterocycles. The maximum Gasteiger partial charge on any atom is 0.241 e. The molecule has 4 nitrogen and oxygen atoms in total. The van der Waals surface area contributed by atoms with E-state index in [1.165, 1.54) is 5.56 Å². The van der Waals surface area contributed by atoms with Crippen LogP contribution in [0.3, 0.4) is 0 Å². The Kier molecular flexibility index (Phi) is 8.03. The summed E-state index contributed by atoms with van der Waals surface area (Å²) in [6.45, 7) is 5.87. The summed E-state index contributed by atoms with van der Waals surface area (Å²) in [5.74, 6) is 0.0383. The van der Waals surface area contributed by atoms with Crippen LogP contribution < -0.4 is 10.6 Å². The van der Waals surface area contributed by atoms with E-state index in [2.05, 4.69) is 30.5 Å². The summed E-state index contributed by atoms with van der Waals surface area (Å²) in [5, 5.41) is 15.7. The highest BCUT2D eigenvalue weighted by Gasteiger charge is 2.30. The number of fused-ring (bicyclic) bond motifs is 1. The predicted octanol–water partition coefficient (Wildman–Crippen LogP) is 2.60. The van der Waals surface area contributed by atoms with Crippen LogP contribution in [0.15, 0.2) is 24.3 Å². The van der Waals surface area contributed by atoms with Gasteiger partial charge in [-0.2, -0.15) is 0 Å². The molecule has 0 aromatic heterocycles. The first-order valence-corrected chi connectivity index (χ1v) is 8.35. The molecule has 130 valence electrons.